The van der Waals surface area contributed by atoms with Crippen molar-refractivity contribution in [3.63, 3.8) is 0 Å². The minimum absolute atomic E-state index is 0.00697. The molecular formula is C18H34N4O3. The summed E-state index contributed by atoms with van der Waals surface area (Å²) in [5.41, 5.74) is 0. The van der Waals surface area contributed by atoms with E-state index in [-0.39, 0.29) is 24.1 Å². The molecule has 0 spiro atoms. The largest absolute Gasteiger partial charge is 0.356 e. The van der Waals surface area contributed by atoms with Gasteiger partial charge in [0.2, 0.25) is 17.7 Å². The second-order valence-corrected chi connectivity index (χ2v) is 6.99. The molecule has 2 unspecified atom stereocenters. The van der Waals surface area contributed by atoms with Gasteiger partial charge in [-0.05, 0) is 25.8 Å². The maximum Gasteiger partial charge on any atom is 0.243 e. The first kappa shape index (κ1) is 21.4. The molecule has 144 valence electrons. The molecule has 0 aromatic heterocycles. The number of nitrogens with one attached hydrogen (secondary N) is 4. The molecule has 2 atom stereocenters. The van der Waals surface area contributed by atoms with Crippen LogP contribution in [0.25, 0.3) is 0 Å². The lowest BCUT2D eigenvalue weighted by atomic mass is 10.0. The number of hydrogen-bond donors (Lipinski definition) is 4. The summed E-state index contributed by atoms with van der Waals surface area (Å²) in [5.74, 6) is -0.677. The lowest BCUT2D eigenvalue weighted by Crippen LogP contribution is -2.62. The molecule has 0 aromatic carbocycles. The summed E-state index contributed by atoms with van der Waals surface area (Å²) >= 11 is 0. The first-order chi connectivity index (χ1) is 11.9. The van der Waals surface area contributed by atoms with E-state index in [9.17, 15) is 14.4 Å². The number of hydrogen-bond acceptors (Lipinski definition) is 4. The number of amides is 3. The van der Waals surface area contributed by atoms with Crippen molar-refractivity contribution in [3.05, 3.63) is 0 Å². The van der Waals surface area contributed by atoms with Crippen LogP contribution in [0.3, 0.4) is 0 Å². The molecule has 1 heterocycles. The van der Waals surface area contributed by atoms with Gasteiger partial charge in [-0.15, -0.1) is 0 Å². The summed E-state index contributed by atoms with van der Waals surface area (Å²) in [7, 11) is 0. The van der Waals surface area contributed by atoms with Crippen molar-refractivity contribution in [2.75, 3.05) is 13.1 Å². The fourth-order valence-electron chi connectivity index (χ4n) is 2.76. The van der Waals surface area contributed by atoms with Crippen LogP contribution in [-0.4, -0.2) is 48.9 Å². The highest BCUT2D eigenvalue weighted by atomic mass is 16.2. The average Bonchev–Trinajstić information content (AvgIpc) is 2.55. The molecule has 1 fully saturated rings. The zero-order chi connectivity index (χ0) is 18.7. The van der Waals surface area contributed by atoms with Crippen molar-refractivity contribution in [2.24, 2.45) is 0 Å². The number of carbonyl (C=O) groups excluding carboxylic acids is 3. The fourth-order valence-corrected chi connectivity index (χ4v) is 2.76. The van der Waals surface area contributed by atoms with Crippen LogP contribution >= 0.6 is 0 Å². The first-order valence-electron chi connectivity index (χ1n) is 9.54. The van der Waals surface area contributed by atoms with E-state index in [0.717, 1.165) is 38.6 Å². The number of carbonyl (C=O) groups is 3. The van der Waals surface area contributed by atoms with E-state index in [1.807, 2.05) is 0 Å². The van der Waals surface area contributed by atoms with E-state index in [2.05, 4.69) is 42.0 Å². The second kappa shape index (κ2) is 11.8. The molecule has 1 aliphatic rings. The van der Waals surface area contributed by atoms with Gasteiger partial charge in [-0.3, -0.25) is 14.4 Å². The van der Waals surface area contributed by atoms with Crippen LogP contribution in [0.5, 0.6) is 0 Å². The minimum atomic E-state index is -0.770. The molecule has 1 rings (SSSR count). The Kier molecular flexibility index (Phi) is 10.1. The number of rotatable bonds is 12. The molecule has 0 radical (unpaired) electrons. The zero-order valence-electron chi connectivity index (χ0n) is 15.8. The predicted molar refractivity (Wildman–Crippen MR) is 98.0 cm³/mol. The Morgan fingerprint density at radius 3 is 2.36 bits per heavy atom. The molecule has 7 nitrogen and oxygen atoms in total. The number of piperazine rings is 1. The van der Waals surface area contributed by atoms with Gasteiger partial charge in [0.25, 0.3) is 0 Å². The Labute approximate surface area is 151 Å². The summed E-state index contributed by atoms with van der Waals surface area (Å²) in [4.78, 5) is 36.1. The first-order valence-corrected chi connectivity index (χ1v) is 9.54. The Bertz CT molecular complexity index is 440. The van der Waals surface area contributed by atoms with E-state index < -0.39 is 12.1 Å². The summed E-state index contributed by atoms with van der Waals surface area (Å²) in [6.45, 7) is 7.69. The third kappa shape index (κ3) is 8.86. The molecule has 0 aromatic rings. The standard InChI is InChI=1S/C18H34N4O3/c1-4-5-6-7-10-20-16(23)12-15-18(25)21-14(17(24)22-15)9-8-11-19-13(2)3/h13-15,19H,4-12H2,1-3H3,(H,20,23)(H,21,25)(H,22,24). The highest BCUT2D eigenvalue weighted by Crippen LogP contribution is 2.06. The van der Waals surface area contributed by atoms with Crippen LogP contribution in [0.1, 0.15) is 65.7 Å². The third-order valence-corrected chi connectivity index (χ3v) is 4.23. The normalized spacial score (nSPS) is 20.3. The van der Waals surface area contributed by atoms with E-state index in [1.54, 1.807) is 0 Å². The quantitative estimate of drug-likeness (QED) is 0.390. The monoisotopic (exact) mass is 354 g/mol. The van der Waals surface area contributed by atoms with Gasteiger partial charge in [-0.25, -0.2) is 0 Å². The summed E-state index contributed by atoms with van der Waals surface area (Å²) in [5, 5.41) is 11.5. The van der Waals surface area contributed by atoms with E-state index >= 15 is 0 Å². The highest BCUT2D eigenvalue weighted by Gasteiger charge is 2.34. The Morgan fingerprint density at radius 2 is 1.68 bits per heavy atom. The summed E-state index contributed by atoms with van der Waals surface area (Å²) in [6, 6.07) is -0.873. The van der Waals surface area contributed by atoms with Crippen LogP contribution in [0.2, 0.25) is 0 Å². The van der Waals surface area contributed by atoms with E-state index in [4.69, 9.17) is 0 Å². The fraction of sp³-hybridized carbons (Fsp3) is 0.833. The Balaban J connectivity index is 2.27. The van der Waals surface area contributed by atoms with Crippen molar-refractivity contribution in [1.29, 1.82) is 0 Å². The van der Waals surface area contributed by atoms with Gasteiger partial charge >= 0.3 is 0 Å². The van der Waals surface area contributed by atoms with Gasteiger partial charge in [0, 0.05) is 12.6 Å². The molecule has 1 saturated heterocycles. The SMILES string of the molecule is CCCCCCNC(=O)CC1NC(=O)C(CCCNC(C)C)NC1=O. The van der Waals surface area contributed by atoms with Gasteiger partial charge in [0.1, 0.15) is 12.1 Å². The maximum atomic E-state index is 12.1. The smallest absolute Gasteiger partial charge is 0.243 e. The highest BCUT2D eigenvalue weighted by molar-refractivity contribution is 5.99. The molecule has 25 heavy (non-hydrogen) atoms. The lowest BCUT2D eigenvalue weighted by Gasteiger charge is -2.29. The van der Waals surface area contributed by atoms with Crippen LogP contribution in [0.4, 0.5) is 0 Å². The van der Waals surface area contributed by atoms with Crippen molar-refractivity contribution in [3.8, 4) is 0 Å². The van der Waals surface area contributed by atoms with Crippen molar-refractivity contribution >= 4 is 17.7 Å². The van der Waals surface area contributed by atoms with Gasteiger partial charge < -0.3 is 21.3 Å². The zero-order valence-corrected chi connectivity index (χ0v) is 15.8. The van der Waals surface area contributed by atoms with Crippen LogP contribution in [-0.2, 0) is 14.4 Å². The Hall–Kier alpha value is -1.63. The summed E-state index contributed by atoms with van der Waals surface area (Å²) < 4.78 is 0. The second-order valence-electron chi connectivity index (χ2n) is 6.99. The van der Waals surface area contributed by atoms with Crippen LogP contribution in [0.15, 0.2) is 0 Å². The van der Waals surface area contributed by atoms with Crippen molar-refractivity contribution in [2.45, 2.75) is 83.8 Å². The van der Waals surface area contributed by atoms with Crippen LogP contribution in [0, 0.1) is 0 Å². The van der Waals surface area contributed by atoms with Crippen molar-refractivity contribution in [1.82, 2.24) is 21.3 Å². The topological polar surface area (TPSA) is 99.3 Å². The number of unbranched alkanes of at least 4 members (excludes halogenated alkanes) is 3. The molecule has 1 aliphatic heterocycles. The van der Waals surface area contributed by atoms with Gasteiger partial charge in [0.15, 0.2) is 0 Å². The third-order valence-electron chi connectivity index (χ3n) is 4.23. The molecule has 0 saturated carbocycles. The van der Waals surface area contributed by atoms with Gasteiger partial charge in [-0.1, -0.05) is 40.0 Å². The van der Waals surface area contributed by atoms with Crippen LogP contribution < -0.4 is 21.3 Å². The average molecular weight is 354 g/mol. The Morgan fingerprint density at radius 1 is 1.00 bits per heavy atom. The van der Waals surface area contributed by atoms with E-state index in [0.29, 0.717) is 19.0 Å². The summed E-state index contributed by atoms with van der Waals surface area (Å²) in [6.07, 6.45) is 5.72. The van der Waals surface area contributed by atoms with E-state index in [1.165, 1.54) is 0 Å². The molecule has 4 N–H and O–H groups in total. The van der Waals surface area contributed by atoms with Crippen molar-refractivity contribution < 1.29 is 14.4 Å². The van der Waals surface area contributed by atoms with Gasteiger partial charge in [0.05, 0.1) is 6.42 Å². The van der Waals surface area contributed by atoms with Gasteiger partial charge in [-0.2, -0.15) is 0 Å². The molecule has 7 heteroatoms. The molecule has 3 amide bonds. The minimum Gasteiger partial charge on any atom is -0.356 e. The maximum absolute atomic E-state index is 12.1. The molecule has 0 aliphatic carbocycles. The molecular weight excluding hydrogens is 320 g/mol. The predicted octanol–water partition coefficient (Wildman–Crippen LogP) is 0.834. The molecule has 0 bridgehead atoms. The lowest BCUT2D eigenvalue weighted by molar-refractivity contribution is -0.138.